The first-order chi connectivity index (χ1) is 10.5. The van der Waals surface area contributed by atoms with Crippen LogP contribution in [0.25, 0.3) is 0 Å². The van der Waals surface area contributed by atoms with Gasteiger partial charge in [0.1, 0.15) is 6.61 Å². The van der Waals surface area contributed by atoms with Gasteiger partial charge in [-0.25, -0.2) is 5.43 Å². The third-order valence-corrected chi connectivity index (χ3v) is 3.66. The lowest BCUT2D eigenvalue weighted by atomic mass is 9.81. The minimum atomic E-state index is -0.490. The van der Waals surface area contributed by atoms with E-state index in [0.29, 0.717) is 25.4 Å². The van der Waals surface area contributed by atoms with Crippen molar-refractivity contribution in [3.05, 3.63) is 0 Å². The van der Waals surface area contributed by atoms with Crippen LogP contribution in [0.1, 0.15) is 60.8 Å². The van der Waals surface area contributed by atoms with E-state index in [9.17, 15) is 9.59 Å². The first-order valence-corrected chi connectivity index (χ1v) is 8.37. The molecule has 23 heavy (non-hydrogen) atoms. The van der Waals surface area contributed by atoms with Crippen LogP contribution in [0.5, 0.6) is 0 Å². The van der Waals surface area contributed by atoms with E-state index in [0.717, 1.165) is 12.8 Å². The van der Waals surface area contributed by atoms with Gasteiger partial charge in [0, 0.05) is 19.5 Å². The van der Waals surface area contributed by atoms with Crippen LogP contribution >= 0.6 is 0 Å². The van der Waals surface area contributed by atoms with Gasteiger partial charge in [0.05, 0.1) is 0 Å². The molecule has 0 rings (SSSR count). The van der Waals surface area contributed by atoms with Gasteiger partial charge in [-0.05, 0) is 29.6 Å². The Morgan fingerprint density at radius 2 is 1.65 bits per heavy atom. The van der Waals surface area contributed by atoms with Gasteiger partial charge in [-0.15, -0.1) is 0 Å². The third-order valence-electron chi connectivity index (χ3n) is 3.66. The zero-order valence-electron chi connectivity index (χ0n) is 15.6. The summed E-state index contributed by atoms with van der Waals surface area (Å²) in [5.41, 5.74) is 5.58. The lowest BCUT2D eigenvalue weighted by Crippen LogP contribution is -2.42. The van der Waals surface area contributed by atoms with Gasteiger partial charge in [0.25, 0.3) is 0 Å². The first-order valence-electron chi connectivity index (χ1n) is 8.37. The molecule has 6 nitrogen and oxygen atoms in total. The molecule has 0 aliphatic carbocycles. The standard InChI is InChI=1S/C17H35N3O3/c1-13(2)9-17(5,6)10-14(22)20-19-8-7-16(3,4)12-18-15(23)11-21/h13,19,21H,7-12H2,1-6H3,(H,18,23)(H,20,22). The molecule has 136 valence electrons. The predicted octanol–water partition coefficient (Wildman–Crippen LogP) is 1.59. The van der Waals surface area contributed by atoms with Crippen LogP contribution in [0.3, 0.4) is 0 Å². The van der Waals surface area contributed by atoms with Crippen molar-refractivity contribution in [3.63, 3.8) is 0 Å². The van der Waals surface area contributed by atoms with Crippen molar-refractivity contribution in [1.29, 1.82) is 0 Å². The largest absolute Gasteiger partial charge is 0.387 e. The number of amides is 2. The lowest BCUT2D eigenvalue weighted by Gasteiger charge is -2.27. The van der Waals surface area contributed by atoms with Crippen molar-refractivity contribution in [3.8, 4) is 0 Å². The second-order valence-corrected chi connectivity index (χ2v) is 8.26. The van der Waals surface area contributed by atoms with Gasteiger partial charge in [-0.1, -0.05) is 41.5 Å². The molecular weight excluding hydrogens is 294 g/mol. The van der Waals surface area contributed by atoms with E-state index < -0.39 is 6.61 Å². The minimum Gasteiger partial charge on any atom is -0.387 e. The Morgan fingerprint density at radius 1 is 1.04 bits per heavy atom. The summed E-state index contributed by atoms with van der Waals surface area (Å²) >= 11 is 0. The number of rotatable bonds is 11. The average Bonchev–Trinajstić information content (AvgIpc) is 2.39. The Bertz CT molecular complexity index is 379. The Hall–Kier alpha value is -1.14. The van der Waals surface area contributed by atoms with Gasteiger partial charge in [0.2, 0.25) is 11.8 Å². The van der Waals surface area contributed by atoms with Gasteiger partial charge in [-0.2, -0.15) is 0 Å². The number of carbonyl (C=O) groups is 2. The maximum atomic E-state index is 12.0. The average molecular weight is 329 g/mol. The molecule has 0 saturated carbocycles. The number of hydrogen-bond acceptors (Lipinski definition) is 4. The van der Waals surface area contributed by atoms with Crippen LogP contribution in [-0.2, 0) is 9.59 Å². The molecule has 6 heteroatoms. The van der Waals surface area contributed by atoms with Gasteiger partial charge in [-0.3, -0.25) is 15.0 Å². The molecule has 0 aliphatic rings. The van der Waals surface area contributed by atoms with E-state index in [1.807, 2.05) is 13.8 Å². The molecule has 2 amide bonds. The first kappa shape index (κ1) is 21.9. The quantitative estimate of drug-likeness (QED) is 0.342. The van der Waals surface area contributed by atoms with Crippen LogP contribution < -0.4 is 16.2 Å². The maximum Gasteiger partial charge on any atom is 0.245 e. The summed E-state index contributed by atoms with van der Waals surface area (Å²) in [5.74, 6) is 0.203. The van der Waals surface area contributed by atoms with Crippen molar-refractivity contribution >= 4 is 11.8 Å². The molecule has 0 bridgehead atoms. The minimum absolute atomic E-state index is 0.00189. The smallest absolute Gasteiger partial charge is 0.245 e. The molecule has 0 aliphatic heterocycles. The number of aliphatic hydroxyl groups excluding tert-OH is 1. The molecule has 0 aromatic rings. The highest BCUT2D eigenvalue weighted by Crippen LogP contribution is 2.28. The van der Waals surface area contributed by atoms with Crippen LogP contribution in [0.4, 0.5) is 0 Å². The number of carbonyl (C=O) groups excluding carboxylic acids is 2. The van der Waals surface area contributed by atoms with E-state index in [1.165, 1.54) is 0 Å². The van der Waals surface area contributed by atoms with Gasteiger partial charge in [0.15, 0.2) is 0 Å². The fraction of sp³-hybridized carbons (Fsp3) is 0.882. The van der Waals surface area contributed by atoms with Crippen molar-refractivity contribution < 1.29 is 14.7 Å². The Kier molecular flexibility index (Phi) is 9.39. The summed E-state index contributed by atoms with van der Waals surface area (Å²) in [6.07, 6.45) is 2.29. The summed E-state index contributed by atoms with van der Waals surface area (Å²) < 4.78 is 0. The molecule has 0 unspecified atom stereocenters. The predicted molar refractivity (Wildman–Crippen MR) is 92.5 cm³/mol. The van der Waals surface area contributed by atoms with Crippen LogP contribution in [-0.4, -0.2) is 36.6 Å². The van der Waals surface area contributed by atoms with E-state index in [-0.39, 0.29) is 22.6 Å². The maximum absolute atomic E-state index is 12.0. The van der Waals surface area contributed by atoms with Crippen molar-refractivity contribution in [2.75, 3.05) is 19.7 Å². The van der Waals surface area contributed by atoms with E-state index in [4.69, 9.17) is 5.11 Å². The SMILES string of the molecule is CC(C)CC(C)(C)CC(=O)NNCCC(C)(C)CNC(=O)CO. The molecule has 0 fully saturated rings. The second kappa shape index (κ2) is 9.88. The number of hydrogen-bond donors (Lipinski definition) is 4. The van der Waals surface area contributed by atoms with Gasteiger partial charge < -0.3 is 10.4 Å². The highest BCUT2D eigenvalue weighted by atomic mass is 16.3. The highest BCUT2D eigenvalue weighted by molar-refractivity contribution is 5.77. The Morgan fingerprint density at radius 3 is 2.17 bits per heavy atom. The molecule has 0 aromatic heterocycles. The Balaban J connectivity index is 3.97. The number of nitrogens with one attached hydrogen (secondary N) is 3. The second-order valence-electron chi connectivity index (χ2n) is 8.26. The molecule has 0 atom stereocenters. The van der Waals surface area contributed by atoms with Crippen LogP contribution in [0, 0.1) is 16.7 Å². The molecule has 0 aromatic carbocycles. The van der Waals surface area contributed by atoms with Gasteiger partial charge >= 0.3 is 0 Å². The number of aliphatic hydroxyl groups is 1. The monoisotopic (exact) mass is 329 g/mol. The van der Waals surface area contributed by atoms with E-state index >= 15 is 0 Å². The summed E-state index contributed by atoms with van der Waals surface area (Å²) in [4.78, 5) is 23.0. The fourth-order valence-electron chi connectivity index (χ4n) is 2.70. The Labute approximate surface area is 140 Å². The zero-order valence-corrected chi connectivity index (χ0v) is 15.6. The molecule has 0 heterocycles. The lowest BCUT2D eigenvalue weighted by molar-refractivity contribution is -0.124. The fourth-order valence-corrected chi connectivity index (χ4v) is 2.70. The van der Waals surface area contributed by atoms with E-state index in [2.05, 4.69) is 43.9 Å². The molecule has 0 spiro atoms. The highest BCUT2D eigenvalue weighted by Gasteiger charge is 2.23. The van der Waals surface area contributed by atoms with E-state index in [1.54, 1.807) is 0 Å². The topological polar surface area (TPSA) is 90.5 Å². The van der Waals surface area contributed by atoms with Crippen molar-refractivity contribution in [2.24, 2.45) is 16.7 Å². The molecular formula is C17H35N3O3. The van der Waals surface area contributed by atoms with Crippen molar-refractivity contribution in [2.45, 2.75) is 60.8 Å². The normalized spacial score (nSPS) is 12.3. The third kappa shape index (κ3) is 12.0. The summed E-state index contributed by atoms with van der Waals surface area (Å²) in [6.45, 7) is 13.2. The summed E-state index contributed by atoms with van der Waals surface area (Å²) in [5, 5.41) is 11.3. The zero-order chi connectivity index (χ0) is 18.1. The number of hydrazine groups is 1. The molecule has 0 saturated heterocycles. The van der Waals surface area contributed by atoms with Crippen molar-refractivity contribution in [1.82, 2.24) is 16.2 Å². The summed E-state index contributed by atoms with van der Waals surface area (Å²) in [7, 11) is 0. The summed E-state index contributed by atoms with van der Waals surface area (Å²) in [6, 6.07) is 0. The molecule has 4 N–H and O–H groups in total. The van der Waals surface area contributed by atoms with Crippen LogP contribution in [0.2, 0.25) is 0 Å². The van der Waals surface area contributed by atoms with Crippen LogP contribution in [0.15, 0.2) is 0 Å². The molecule has 0 radical (unpaired) electrons.